The number of nitrogens with zero attached hydrogens (tertiary/aromatic N) is 2. The lowest BCUT2D eigenvalue weighted by atomic mass is 9.70. The number of hydrogen-bond donors (Lipinski definition) is 2. The summed E-state index contributed by atoms with van der Waals surface area (Å²) in [5.74, 6) is -0.820. The van der Waals surface area contributed by atoms with Gasteiger partial charge in [0.25, 0.3) is 0 Å². The molecule has 2 heterocycles. The van der Waals surface area contributed by atoms with Crippen LogP contribution in [0.15, 0.2) is 0 Å². The van der Waals surface area contributed by atoms with Gasteiger partial charge in [0, 0.05) is 19.4 Å². The SMILES string of the molecule is CC(=O)N1C[C@@H]2OC(CO)N(C(=O)O)C3C(=O)[C@@H]1[C@@H]32. The zero-order valence-electron chi connectivity index (χ0n) is 10.2. The van der Waals surface area contributed by atoms with Crippen molar-refractivity contribution in [2.45, 2.75) is 31.3 Å². The molecule has 0 aromatic rings. The number of aliphatic hydroxyl groups excluding tert-OH is 1. The van der Waals surface area contributed by atoms with Crippen LogP contribution in [0.1, 0.15) is 6.92 Å². The third kappa shape index (κ3) is 1.44. The highest BCUT2D eigenvalue weighted by Crippen LogP contribution is 2.46. The normalized spacial score (nSPS) is 39.9. The molecule has 2 aliphatic heterocycles. The Labute approximate surface area is 108 Å². The minimum Gasteiger partial charge on any atom is -0.465 e. The number of rotatable bonds is 1. The summed E-state index contributed by atoms with van der Waals surface area (Å²) in [6.45, 7) is 1.14. The van der Waals surface area contributed by atoms with E-state index in [4.69, 9.17) is 9.84 Å². The number of amides is 2. The number of ether oxygens (including phenoxy) is 1. The van der Waals surface area contributed by atoms with E-state index in [9.17, 15) is 19.5 Å². The first kappa shape index (κ1) is 12.4. The lowest BCUT2D eigenvalue weighted by molar-refractivity contribution is -0.202. The first-order valence-corrected chi connectivity index (χ1v) is 6.06. The van der Waals surface area contributed by atoms with Gasteiger partial charge in [-0.2, -0.15) is 0 Å². The number of Topliss-reactive ketones (excluding diaryl/α,β-unsaturated/α-hetero) is 1. The van der Waals surface area contributed by atoms with E-state index in [0.717, 1.165) is 4.90 Å². The minimum atomic E-state index is -1.30. The van der Waals surface area contributed by atoms with E-state index < -0.39 is 31.0 Å². The van der Waals surface area contributed by atoms with Crippen LogP contribution in [0.5, 0.6) is 0 Å². The zero-order valence-corrected chi connectivity index (χ0v) is 10.2. The maximum atomic E-state index is 12.1. The highest BCUT2D eigenvalue weighted by Gasteiger charge is 2.67. The highest BCUT2D eigenvalue weighted by atomic mass is 16.5. The van der Waals surface area contributed by atoms with E-state index in [-0.39, 0.29) is 30.3 Å². The summed E-state index contributed by atoms with van der Waals surface area (Å²) < 4.78 is 5.51. The largest absolute Gasteiger partial charge is 0.465 e. The van der Waals surface area contributed by atoms with Crippen molar-refractivity contribution < 1.29 is 29.3 Å². The van der Waals surface area contributed by atoms with Crippen LogP contribution in [0.2, 0.25) is 0 Å². The van der Waals surface area contributed by atoms with Gasteiger partial charge in [-0.15, -0.1) is 0 Å². The molecule has 8 heteroatoms. The fourth-order valence-electron chi connectivity index (χ4n) is 3.41. The van der Waals surface area contributed by atoms with Gasteiger partial charge in [0.2, 0.25) is 5.91 Å². The monoisotopic (exact) mass is 270 g/mol. The van der Waals surface area contributed by atoms with E-state index in [0.29, 0.717) is 0 Å². The maximum Gasteiger partial charge on any atom is 0.410 e. The van der Waals surface area contributed by atoms with Crippen LogP contribution in [0.25, 0.3) is 0 Å². The molecule has 2 unspecified atom stereocenters. The molecule has 104 valence electrons. The van der Waals surface area contributed by atoms with Crippen molar-refractivity contribution in [3.05, 3.63) is 0 Å². The molecule has 2 saturated heterocycles. The summed E-state index contributed by atoms with van der Waals surface area (Å²) in [6.07, 6.45) is -2.72. The van der Waals surface area contributed by atoms with Crippen molar-refractivity contribution >= 4 is 17.8 Å². The molecule has 2 amide bonds. The standard InChI is InChI=1S/C11H14N2O6/c1-4(15)12-2-5-7-8(12)10(16)9(7)13(11(17)18)6(3-14)19-5/h5-9,14H,2-3H2,1H3,(H,17,18)/t5-,6?,7-,8-,9?/m0/s1. The second kappa shape index (κ2) is 3.91. The van der Waals surface area contributed by atoms with Crippen LogP contribution in [0.3, 0.4) is 0 Å². The van der Waals surface area contributed by atoms with Crippen molar-refractivity contribution in [1.29, 1.82) is 0 Å². The van der Waals surface area contributed by atoms with Crippen molar-refractivity contribution in [2.24, 2.45) is 5.92 Å². The number of ketones is 1. The smallest absolute Gasteiger partial charge is 0.410 e. The number of carbonyl (C=O) groups excluding carboxylic acids is 2. The van der Waals surface area contributed by atoms with Crippen molar-refractivity contribution in [3.63, 3.8) is 0 Å². The van der Waals surface area contributed by atoms with Gasteiger partial charge < -0.3 is 19.8 Å². The predicted molar refractivity (Wildman–Crippen MR) is 59.1 cm³/mol. The quantitative estimate of drug-likeness (QED) is 0.599. The molecule has 1 saturated carbocycles. The van der Waals surface area contributed by atoms with Crippen LogP contribution in [0, 0.1) is 5.92 Å². The maximum absolute atomic E-state index is 12.1. The highest BCUT2D eigenvalue weighted by molar-refractivity contribution is 6.01. The molecule has 0 bridgehead atoms. The average Bonchev–Trinajstić information content (AvgIpc) is 2.72. The minimum absolute atomic E-state index is 0.225. The Kier molecular flexibility index (Phi) is 2.55. The summed E-state index contributed by atoms with van der Waals surface area (Å²) in [5, 5.41) is 18.4. The molecule has 3 fully saturated rings. The van der Waals surface area contributed by atoms with Crippen molar-refractivity contribution in [3.8, 4) is 0 Å². The van der Waals surface area contributed by atoms with Gasteiger partial charge in [-0.1, -0.05) is 0 Å². The van der Waals surface area contributed by atoms with E-state index in [1.165, 1.54) is 11.8 Å². The van der Waals surface area contributed by atoms with Gasteiger partial charge in [0.05, 0.1) is 12.7 Å². The van der Waals surface area contributed by atoms with Gasteiger partial charge >= 0.3 is 6.09 Å². The average molecular weight is 270 g/mol. The molecule has 0 spiro atoms. The van der Waals surface area contributed by atoms with Crippen LogP contribution >= 0.6 is 0 Å². The Morgan fingerprint density at radius 1 is 1.42 bits per heavy atom. The van der Waals surface area contributed by atoms with Crippen LogP contribution in [-0.2, 0) is 14.3 Å². The molecule has 3 rings (SSSR count). The summed E-state index contributed by atoms with van der Waals surface area (Å²) in [7, 11) is 0. The summed E-state index contributed by atoms with van der Waals surface area (Å²) >= 11 is 0. The first-order chi connectivity index (χ1) is 8.97. The second-order valence-electron chi connectivity index (χ2n) is 5.04. The molecule has 1 aliphatic carbocycles. The summed E-state index contributed by atoms with van der Waals surface area (Å²) in [4.78, 5) is 37.1. The molecule has 5 atom stereocenters. The predicted octanol–water partition coefficient (Wildman–Crippen LogP) is -1.52. The molecule has 19 heavy (non-hydrogen) atoms. The third-order valence-electron chi connectivity index (χ3n) is 4.18. The van der Waals surface area contributed by atoms with Gasteiger partial charge in [-0.3, -0.25) is 14.5 Å². The molecule has 0 aromatic heterocycles. The Hall–Kier alpha value is -1.67. The Bertz CT molecular complexity index is 466. The molecular weight excluding hydrogens is 256 g/mol. The van der Waals surface area contributed by atoms with Crippen LogP contribution in [-0.4, -0.2) is 75.4 Å². The summed E-state index contributed by atoms with van der Waals surface area (Å²) in [6, 6.07) is -1.38. The van der Waals surface area contributed by atoms with Gasteiger partial charge in [-0.25, -0.2) is 4.79 Å². The molecule has 8 nitrogen and oxygen atoms in total. The Morgan fingerprint density at radius 3 is 2.63 bits per heavy atom. The second-order valence-corrected chi connectivity index (χ2v) is 5.04. The number of hydrogen-bond acceptors (Lipinski definition) is 5. The lowest BCUT2D eigenvalue weighted by Crippen LogP contribution is -2.73. The van der Waals surface area contributed by atoms with Crippen molar-refractivity contribution in [2.75, 3.05) is 13.2 Å². The molecule has 0 aromatic carbocycles. The topological polar surface area (TPSA) is 107 Å². The van der Waals surface area contributed by atoms with Crippen LogP contribution in [0.4, 0.5) is 4.79 Å². The van der Waals surface area contributed by atoms with E-state index in [1.807, 2.05) is 0 Å². The van der Waals surface area contributed by atoms with Gasteiger partial charge in [-0.05, 0) is 0 Å². The molecule has 3 aliphatic rings. The fourth-order valence-corrected chi connectivity index (χ4v) is 3.41. The van der Waals surface area contributed by atoms with Gasteiger partial charge in [0.1, 0.15) is 12.1 Å². The van der Waals surface area contributed by atoms with E-state index >= 15 is 0 Å². The van der Waals surface area contributed by atoms with E-state index in [1.54, 1.807) is 0 Å². The molecule has 2 N–H and O–H groups in total. The molecular formula is C11H14N2O6. The Balaban J connectivity index is 1.93. The third-order valence-corrected chi connectivity index (χ3v) is 4.18. The lowest BCUT2D eigenvalue weighted by Gasteiger charge is -2.52. The number of carbonyl (C=O) groups is 3. The van der Waals surface area contributed by atoms with Crippen LogP contribution < -0.4 is 0 Å². The summed E-state index contributed by atoms with van der Waals surface area (Å²) in [5.41, 5.74) is 0. The number of carboxylic acid groups (broad SMARTS) is 1. The van der Waals surface area contributed by atoms with Gasteiger partial charge in [0.15, 0.2) is 12.0 Å². The number of aliphatic hydroxyl groups is 1. The Morgan fingerprint density at radius 2 is 2.11 bits per heavy atom. The van der Waals surface area contributed by atoms with E-state index in [2.05, 4.69) is 0 Å². The van der Waals surface area contributed by atoms with Crippen molar-refractivity contribution in [1.82, 2.24) is 9.80 Å². The first-order valence-electron chi connectivity index (χ1n) is 6.06. The number of likely N-dealkylation sites (tertiary alicyclic amines) is 1. The molecule has 0 radical (unpaired) electrons. The zero-order chi connectivity index (χ0) is 13.9. The fraction of sp³-hybridized carbons (Fsp3) is 0.727.